The van der Waals surface area contributed by atoms with Gasteiger partial charge in [-0.3, -0.25) is 5.43 Å². The quantitative estimate of drug-likeness (QED) is 0.643. The van der Waals surface area contributed by atoms with Crippen LogP contribution in [0.4, 0.5) is 5.69 Å². The third-order valence-corrected chi connectivity index (χ3v) is 3.27. The van der Waals surface area contributed by atoms with Gasteiger partial charge in [-0.05, 0) is 48.6 Å². The van der Waals surface area contributed by atoms with Gasteiger partial charge in [0.1, 0.15) is 5.75 Å². The fourth-order valence-corrected chi connectivity index (χ4v) is 2.03. The lowest BCUT2D eigenvalue weighted by molar-refractivity contribution is 0.473. The highest BCUT2D eigenvalue weighted by Crippen LogP contribution is 2.41. The number of hydrogen-bond donors (Lipinski definition) is 2. The number of nitrogens with zero attached hydrogens (tertiary/aromatic N) is 1. The Hall–Kier alpha value is -2.29. The first-order chi connectivity index (χ1) is 9.33. The van der Waals surface area contributed by atoms with Crippen LogP contribution in [0, 0.1) is 0 Å². The average Bonchev–Trinajstić information content (AvgIpc) is 3.26. The molecule has 0 bridgehead atoms. The van der Waals surface area contributed by atoms with Gasteiger partial charge in [-0.1, -0.05) is 24.3 Å². The van der Waals surface area contributed by atoms with E-state index in [2.05, 4.69) is 16.6 Å². The Labute approximate surface area is 112 Å². The summed E-state index contributed by atoms with van der Waals surface area (Å²) in [6.45, 7) is 0. The largest absolute Gasteiger partial charge is 0.507 e. The molecule has 3 nitrogen and oxygen atoms in total. The molecule has 1 aliphatic rings. The number of phenolic OH excluding ortho intramolecular Hbond substituents is 1. The predicted octanol–water partition coefficient (Wildman–Crippen LogP) is 3.72. The molecule has 2 N–H and O–H groups in total. The zero-order valence-electron chi connectivity index (χ0n) is 10.6. The van der Waals surface area contributed by atoms with Crippen LogP contribution >= 0.6 is 0 Å². The Morgan fingerprint density at radius 2 is 1.89 bits per heavy atom. The number of benzene rings is 2. The summed E-state index contributed by atoms with van der Waals surface area (Å²) in [6, 6.07) is 15.6. The van der Waals surface area contributed by atoms with E-state index in [1.807, 2.05) is 42.5 Å². The van der Waals surface area contributed by atoms with Gasteiger partial charge in [0.2, 0.25) is 0 Å². The number of hydrazone groups is 1. The lowest BCUT2D eigenvalue weighted by Crippen LogP contribution is -1.91. The Bertz CT molecular complexity index is 589. The molecule has 0 amide bonds. The van der Waals surface area contributed by atoms with Crippen LogP contribution in [0.3, 0.4) is 0 Å². The number of hydrogen-bond acceptors (Lipinski definition) is 3. The van der Waals surface area contributed by atoms with Crippen molar-refractivity contribution in [1.29, 1.82) is 0 Å². The van der Waals surface area contributed by atoms with Gasteiger partial charge in [-0.15, -0.1) is 0 Å². The maximum absolute atomic E-state index is 9.95. The number of anilines is 1. The van der Waals surface area contributed by atoms with Gasteiger partial charge >= 0.3 is 0 Å². The molecule has 19 heavy (non-hydrogen) atoms. The van der Waals surface area contributed by atoms with Crippen molar-refractivity contribution in [1.82, 2.24) is 0 Å². The average molecular weight is 252 g/mol. The summed E-state index contributed by atoms with van der Waals surface area (Å²) in [5, 5.41) is 14.1. The first-order valence-corrected chi connectivity index (χ1v) is 6.50. The number of phenols is 1. The Morgan fingerprint density at radius 3 is 2.58 bits per heavy atom. The van der Waals surface area contributed by atoms with Crippen LogP contribution in [0.1, 0.15) is 29.9 Å². The summed E-state index contributed by atoms with van der Waals surface area (Å²) in [5.74, 6) is 0.947. The summed E-state index contributed by atoms with van der Waals surface area (Å²) in [6.07, 6.45) is 4.11. The Balaban J connectivity index is 1.69. The van der Waals surface area contributed by atoms with E-state index in [1.54, 1.807) is 6.21 Å². The van der Waals surface area contributed by atoms with Crippen LogP contribution in [-0.2, 0) is 0 Å². The molecule has 0 aliphatic heterocycles. The highest BCUT2D eigenvalue weighted by atomic mass is 16.3. The molecule has 0 aromatic heterocycles. The zero-order chi connectivity index (χ0) is 13.1. The van der Waals surface area contributed by atoms with Crippen molar-refractivity contribution in [3.8, 4) is 5.75 Å². The van der Waals surface area contributed by atoms with E-state index in [-0.39, 0.29) is 0 Å². The lowest BCUT2D eigenvalue weighted by atomic mass is 10.1. The molecule has 0 spiro atoms. The first kappa shape index (κ1) is 11.8. The Kier molecular flexibility index (Phi) is 3.19. The van der Waals surface area contributed by atoms with E-state index in [9.17, 15) is 5.11 Å². The van der Waals surface area contributed by atoms with Crippen molar-refractivity contribution in [2.45, 2.75) is 18.8 Å². The predicted molar refractivity (Wildman–Crippen MR) is 77.7 cm³/mol. The van der Waals surface area contributed by atoms with Gasteiger partial charge in [0.05, 0.1) is 11.9 Å². The van der Waals surface area contributed by atoms with Crippen molar-refractivity contribution >= 4 is 11.9 Å². The molecular weight excluding hydrogens is 236 g/mol. The molecule has 96 valence electrons. The monoisotopic (exact) mass is 252 g/mol. The second kappa shape index (κ2) is 5.14. The summed E-state index contributed by atoms with van der Waals surface area (Å²) in [4.78, 5) is 0. The van der Waals surface area contributed by atoms with Crippen molar-refractivity contribution in [2.24, 2.45) is 5.10 Å². The van der Waals surface area contributed by atoms with Gasteiger partial charge < -0.3 is 5.11 Å². The lowest BCUT2D eigenvalue weighted by Gasteiger charge is -2.03. The molecule has 2 aromatic carbocycles. The van der Waals surface area contributed by atoms with E-state index < -0.39 is 0 Å². The third kappa shape index (κ3) is 2.94. The molecule has 1 saturated carbocycles. The van der Waals surface area contributed by atoms with Gasteiger partial charge in [-0.25, -0.2) is 0 Å². The maximum Gasteiger partial charge on any atom is 0.124 e. The first-order valence-electron chi connectivity index (χ1n) is 6.50. The van der Waals surface area contributed by atoms with Gasteiger partial charge in [0.15, 0.2) is 0 Å². The molecule has 0 unspecified atom stereocenters. The second-order valence-electron chi connectivity index (χ2n) is 4.83. The van der Waals surface area contributed by atoms with E-state index in [0.29, 0.717) is 11.7 Å². The summed E-state index contributed by atoms with van der Waals surface area (Å²) in [7, 11) is 0. The minimum absolute atomic E-state index is 0.294. The minimum atomic E-state index is 0.294. The molecule has 0 atom stereocenters. The number of aromatic hydroxyl groups is 1. The van der Waals surface area contributed by atoms with Crippen molar-refractivity contribution in [3.05, 3.63) is 59.7 Å². The molecule has 2 aromatic rings. The van der Waals surface area contributed by atoms with Crippen LogP contribution in [0.5, 0.6) is 5.75 Å². The van der Waals surface area contributed by atoms with Crippen molar-refractivity contribution in [2.75, 3.05) is 5.43 Å². The summed E-state index contributed by atoms with van der Waals surface area (Å²) < 4.78 is 0. The number of nitrogens with one attached hydrogen (secondary N) is 1. The van der Waals surface area contributed by atoms with E-state index in [4.69, 9.17) is 0 Å². The van der Waals surface area contributed by atoms with Gasteiger partial charge in [0.25, 0.3) is 0 Å². The molecule has 3 rings (SSSR count). The Morgan fingerprint density at radius 1 is 1.11 bits per heavy atom. The standard InChI is InChI=1S/C16H16N2O/c19-16-10-13(12-6-7-12)8-9-14(16)11-17-18-15-4-2-1-3-5-15/h1-5,8-12,18-19H,6-7H2. The van der Waals surface area contributed by atoms with E-state index >= 15 is 0 Å². The fourth-order valence-electron chi connectivity index (χ4n) is 2.03. The molecule has 0 saturated heterocycles. The number of rotatable bonds is 4. The minimum Gasteiger partial charge on any atom is -0.507 e. The molecule has 0 radical (unpaired) electrons. The smallest absolute Gasteiger partial charge is 0.124 e. The summed E-state index contributed by atoms with van der Waals surface area (Å²) in [5.41, 5.74) is 5.81. The number of para-hydroxylation sites is 1. The van der Waals surface area contributed by atoms with Crippen LogP contribution in [0.25, 0.3) is 0 Å². The molecule has 3 heteroatoms. The molecule has 0 heterocycles. The zero-order valence-corrected chi connectivity index (χ0v) is 10.6. The second-order valence-corrected chi connectivity index (χ2v) is 4.83. The van der Waals surface area contributed by atoms with E-state index in [0.717, 1.165) is 11.3 Å². The normalized spacial score (nSPS) is 14.7. The van der Waals surface area contributed by atoms with Gasteiger partial charge in [0, 0.05) is 5.56 Å². The van der Waals surface area contributed by atoms with Crippen molar-refractivity contribution < 1.29 is 5.11 Å². The molecule has 1 fully saturated rings. The molecular formula is C16H16N2O. The molecule has 1 aliphatic carbocycles. The van der Waals surface area contributed by atoms with Crippen LogP contribution in [0.2, 0.25) is 0 Å². The topological polar surface area (TPSA) is 44.6 Å². The SMILES string of the molecule is Oc1cc(C2CC2)ccc1C=NNc1ccccc1. The third-order valence-electron chi connectivity index (χ3n) is 3.27. The highest BCUT2D eigenvalue weighted by Gasteiger charge is 2.23. The van der Waals surface area contributed by atoms with E-state index in [1.165, 1.54) is 18.4 Å². The fraction of sp³-hybridized carbons (Fsp3) is 0.188. The van der Waals surface area contributed by atoms with Gasteiger partial charge in [-0.2, -0.15) is 5.10 Å². The summed E-state index contributed by atoms with van der Waals surface area (Å²) >= 11 is 0. The highest BCUT2D eigenvalue weighted by molar-refractivity contribution is 5.84. The van der Waals surface area contributed by atoms with Crippen molar-refractivity contribution in [3.63, 3.8) is 0 Å². The van der Waals surface area contributed by atoms with Crippen LogP contribution < -0.4 is 5.43 Å². The van der Waals surface area contributed by atoms with Crippen LogP contribution in [-0.4, -0.2) is 11.3 Å². The van der Waals surface area contributed by atoms with Crippen LogP contribution in [0.15, 0.2) is 53.6 Å². The maximum atomic E-state index is 9.95.